The Morgan fingerprint density at radius 1 is 1.26 bits per heavy atom. The first kappa shape index (κ1) is 16.0. The average Bonchev–Trinajstić information content (AvgIpc) is 2.26. The minimum Gasteiger partial charge on any atom is -0.493 e. The van der Waals surface area contributed by atoms with Crippen LogP contribution in [0.1, 0.15) is 25.0 Å². The molecule has 1 atom stereocenters. The van der Waals surface area contributed by atoms with Crippen LogP contribution < -0.4 is 9.88 Å². The molecule has 0 aliphatic carbocycles. The van der Waals surface area contributed by atoms with Gasteiger partial charge >= 0.3 is 0 Å². The number of hydrogen-bond acceptors (Lipinski definition) is 3. The molecule has 0 aliphatic rings. The highest BCUT2D eigenvalue weighted by molar-refractivity contribution is 7.89. The molecular formula is C14H23NO3S. The first-order chi connectivity index (χ1) is 8.69. The molecule has 0 spiro atoms. The van der Waals surface area contributed by atoms with Crippen molar-refractivity contribution in [3.63, 3.8) is 0 Å². The highest BCUT2D eigenvalue weighted by Gasteiger charge is 2.20. The molecular weight excluding hydrogens is 262 g/mol. The molecule has 5 heteroatoms. The second kappa shape index (κ2) is 6.39. The zero-order chi connectivity index (χ0) is 14.6. The van der Waals surface area contributed by atoms with E-state index in [0.717, 1.165) is 16.9 Å². The van der Waals surface area contributed by atoms with Gasteiger partial charge in [-0.05, 0) is 37.0 Å². The van der Waals surface area contributed by atoms with Gasteiger partial charge in [0.1, 0.15) is 5.75 Å². The summed E-state index contributed by atoms with van der Waals surface area (Å²) in [7, 11) is -3.47. The van der Waals surface area contributed by atoms with E-state index in [2.05, 4.69) is 0 Å². The van der Waals surface area contributed by atoms with Crippen molar-refractivity contribution >= 4 is 10.0 Å². The van der Waals surface area contributed by atoms with Gasteiger partial charge in [-0.1, -0.05) is 26.0 Å². The van der Waals surface area contributed by atoms with Crippen LogP contribution in [0.4, 0.5) is 0 Å². The Bertz CT molecular complexity index is 523. The van der Waals surface area contributed by atoms with Gasteiger partial charge in [-0.2, -0.15) is 0 Å². The molecule has 1 unspecified atom stereocenters. The SMILES string of the molecule is Cc1ccc(C)c(OCC(CS(N)(=O)=O)C(C)C)c1. The molecule has 0 radical (unpaired) electrons. The Morgan fingerprint density at radius 2 is 1.89 bits per heavy atom. The lowest BCUT2D eigenvalue weighted by atomic mass is 9.99. The summed E-state index contributed by atoms with van der Waals surface area (Å²) in [5, 5.41) is 5.11. The van der Waals surface area contributed by atoms with E-state index in [4.69, 9.17) is 9.88 Å². The smallest absolute Gasteiger partial charge is 0.209 e. The van der Waals surface area contributed by atoms with Crippen molar-refractivity contribution in [1.82, 2.24) is 0 Å². The summed E-state index contributed by atoms with van der Waals surface area (Å²) in [5.41, 5.74) is 2.16. The van der Waals surface area contributed by atoms with Gasteiger partial charge in [0.15, 0.2) is 0 Å². The number of hydrogen-bond donors (Lipinski definition) is 1. The van der Waals surface area contributed by atoms with E-state index in [-0.39, 0.29) is 17.6 Å². The predicted molar refractivity (Wildman–Crippen MR) is 77.7 cm³/mol. The van der Waals surface area contributed by atoms with Crippen molar-refractivity contribution in [3.8, 4) is 5.75 Å². The third-order valence-corrected chi connectivity index (χ3v) is 4.08. The summed E-state index contributed by atoms with van der Waals surface area (Å²) in [5.74, 6) is 0.855. The molecule has 19 heavy (non-hydrogen) atoms. The lowest BCUT2D eigenvalue weighted by Crippen LogP contribution is -2.30. The van der Waals surface area contributed by atoms with E-state index in [1.165, 1.54) is 0 Å². The summed E-state index contributed by atoms with van der Waals surface area (Å²) in [4.78, 5) is 0. The van der Waals surface area contributed by atoms with E-state index in [1.54, 1.807) is 0 Å². The maximum absolute atomic E-state index is 11.2. The van der Waals surface area contributed by atoms with Gasteiger partial charge in [-0.25, -0.2) is 13.6 Å². The van der Waals surface area contributed by atoms with Gasteiger partial charge in [-0.15, -0.1) is 0 Å². The number of aryl methyl sites for hydroxylation is 2. The molecule has 1 aromatic rings. The Labute approximate surface area is 116 Å². The van der Waals surface area contributed by atoms with E-state index in [9.17, 15) is 8.42 Å². The van der Waals surface area contributed by atoms with Crippen molar-refractivity contribution in [2.45, 2.75) is 27.7 Å². The number of rotatable bonds is 6. The molecule has 0 heterocycles. The molecule has 0 saturated heterocycles. The Kier molecular flexibility index (Phi) is 5.38. The third-order valence-electron chi connectivity index (χ3n) is 3.19. The molecule has 0 fully saturated rings. The fourth-order valence-corrected chi connectivity index (χ4v) is 2.87. The molecule has 2 N–H and O–H groups in total. The fraction of sp³-hybridized carbons (Fsp3) is 0.571. The molecule has 0 aromatic heterocycles. The summed E-state index contributed by atoms with van der Waals surface area (Å²) in [6.07, 6.45) is 0. The van der Waals surface area contributed by atoms with Crippen LogP contribution in [0.15, 0.2) is 18.2 Å². The Hall–Kier alpha value is -1.07. The van der Waals surface area contributed by atoms with Crippen LogP contribution in [-0.2, 0) is 10.0 Å². The van der Waals surface area contributed by atoms with Crippen LogP contribution in [-0.4, -0.2) is 20.8 Å². The average molecular weight is 285 g/mol. The van der Waals surface area contributed by atoms with Crippen LogP contribution in [0.3, 0.4) is 0 Å². The van der Waals surface area contributed by atoms with Gasteiger partial charge < -0.3 is 4.74 Å². The summed E-state index contributed by atoms with van der Waals surface area (Å²) >= 11 is 0. The van der Waals surface area contributed by atoms with Crippen LogP contribution in [0, 0.1) is 25.7 Å². The maximum atomic E-state index is 11.2. The topological polar surface area (TPSA) is 69.4 Å². The van der Waals surface area contributed by atoms with Gasteiger partial charge in [0, 0.05) is 5.92 Å². The number of benzene rings is 1. The minimum absolute atomic E-state index is 0.0461. The van der Waals surface area contributed by atoms with Gasteiger partial charge in [0.2, 0.25) is 10.0 Å². The van der Waals surface area contributed by atoms with Crippen molar-refractivity contribution in [1.29, 1.82) is 0 Å². The van der Waals surface area contributed by atoms with Gasteiger partial charge in [0.25, 0.3) is 0 Å². The lowest BCUT2D eigenvalue weighted by molar-refractivity contribution is 0.223. The van der Waals surface area contributed by atoms with Gasteiger partial charge in [-0.3, -0.25) is 0 Å². The maximum Gasteiger partial charge on any atom is 0.209 e. The molecule has 4 nitrogen and oxygen atoms in total. The van der Waals surface area contributed by atoms with Crippen molar-refractivity contribution in [2.75, 3.05) is 12.4 Å². The molecule has 108 valence electrons. The van der Waals surface area contributed by atoms with Crippen LogP contribution >= 0.6 is 0 Å². The molecule has 0 aliphatic heterocycles. The molecule has 0 bridgehead atoms. The molecule has 1 aromatic carbocycles. The minimum atomic E-state index is -3.47. The van der Waals surface area contributed by atoms with Crippen LogP contribution in [0.5, 0.6) is 5.75 Å². The Balaban J connectivity index is 2.74. The van der Waals surface area contributed by atoms with E-state index < -0.39 is 10.0 Å². The van der Waals surface area contributed by atoms with Gasteiger partial charge in [0.05, 0.1) is 12.4 Å². The molecule has 0 amide bonds. The zero-order valence-corrected chi connectivity index (χ0v) is 12.8. The molecule has 0 saturated carbocycles. The van der Waals surface area contributed by atoms with Crippen molar-refractivity contribution in [2.24, 2.45) is 17.0 Å². The normalized spacial score (nSPS) is 13.6. The van der Waals surface area contributed by atoms with E-state index in [1.807, 2.05) is 45.9 Å². The van der Waals surface area contributed by atoms with Crippen LogP contribution in [0.2, 0.25) is 0 Å². The summed E-state index contributed by atoms with van der Waals surface area (Å²) in [6.45, 7) is 8.28. The second-order valence-electron chi connectivity index (χ2n) is 5.41. The quantitative estimate of drug-likeness (QED) is 0.871. The number of sulfonamides is 1. The molecule has 1 rings (SSSR count). The summed E-state index contributed by atoms with van der Waals surface area (Å²) < 4.78 is 28.2. The van der Waals surface area contributed by atoms with E-state index >= 15 is 0 Å². The first-order valence-corrected chi connectivity index (χ1v) is 8.11. The van der Waals surface area contributed by atoms with E-state index in [0.29, 0.717) is 6.61 Å². The largest absolute Gasteiger partial charge is 0.493 e. The number of primary sulfonamides is 1. The Morgan fingerprint density at radius 3 is 2.42 bits per heavy atom. The first-order valence-electron chi connectivity index (χ1n) is 6.39. The predicted octanol–water partition coefficient (Wildman–Crippen LogP) is 2.24. The highest BCUT2D eigenvalue weighted by atomic mass is 32.2. The number of ether oxygens (including phenoxy) is 1. The number of nitrogens with two attached hydrogens (primary N) is 1. The zero-order valence-electron chi connectivity index (χ0n) is 12.0. The highest BCUT2D eigenvalue weighted by Crippen LogP contribution is 2.21. The second-order valence-corrected chi connectivity index (χ2v) is 7.07. The van der Waals surface area contributed by atoms with Crippen molar-refractivity contribution < 1.29 is 13.2 Å². The lowest BCUT2D eigenvalue weighted by Gasteiger charge is -2.21. The van der Waals surface area contributed by atoms with Crippen LogP contribution in [0.25, 0.3) is 0 Å². The third kappa shape index (κ3) is 5.61. The fourth-order valence-electron chi connectivity index (χ4n) is 1.79. The standard InChI is InChI=1S/C14H23NO3S/c1-10(2)13(9-19(15,16)17)8-18-14-7-11(3)5-6-12(14)4/h5-7,10,13H,8-9H2,1-4H3,(H2,15,16,17). The summed E-state index contributed by atoms with van der Waals surface area (Å²) in [6, 6.07) is 5.98. The monoisotopic (exact) mass is 285 g/mol. The van der Waals surface area contributed by atoms with Crippen molar-refractivity contribution in [3.05, 3.63) is 29.3 Å².